The molecule has 5 heteroatoms. The van der Waals surface area contributed by atoms with E-state index in [9.17, 15) is 4.79 Å². The van der Waals surface area contributed by atoms with E-state index in [1.165, 1.54) is 6.20 Å². The van der Waals surface area contributed by atoms with Crippen molar-refractivity contribution in [2.24, 2.45) is 0 Å². The molecule has 2 heterocycles. The predicted octanol–water partition coefficient (Wildman–Crippen LogP) is 1.48. The molecule has 1 amide bonds. The van der Waals surface area contributed by atoms with Gasteiger partial charge in [0.05, 0.1) is 24.4 Å². The number of aryl methyl sites for hydroxylation is 1. The highest BCUT2D eigenvalue weighted by molar-refractivity contribution is 5.90. The standard InChI is InChI=1S/C12H17N3O2/c1-8-5-9(13)7-14-12(8)15-11(16)6-10-3-2-4-17-10/h5,7,10H,2-4,6,13H2,1H3,(H,14,15,16). The van der Waals surface area contributed by atoms with Crippen LogP contribution in [0.25, 0.3) is 0 Å². The maximum absolute atomic E-state index is 11.7. The highest BCUT2D eigenvalue weighted by Gasteiger charge is 2.19. The minimum absolute atomic E-state index is 0.0581. The molecule has 0 spiro atoms. The third kappa shape index (κ3) is 3.17. The summed E-state index contributed by atoms with van der Waals surface area (Å²) >= 11 is 0. The Bertz CT molecular complexity index is 414. The minimum atomic E-state index is -0.0581. The van der Waals surface area contributed by atoms with E-state index in [1.54, 1.807) is 6.07 Å². The molecule has 1 fully saturated rings. The van der Waals surface area contributed by atoms with Gasteiger partial charge in [0.15, 0.2) is 0 Å². The number of nitrogen functional groups attached to an aromatic ring is 1. The first-order chi connectivity index (χ1) is 8.15. The van der Waals surface area contributed by atoms with Crippen LogP contribution in [0.15, 0.2) is 12.3 Å². The van der Waals surface area contributed by atoms with Gasteiger partial charge in [0, 0.05) is 6.61 Å². The molecule has 3 N–H and O–H groups in total. The first kappa shape index (κ1) is 11.9. The lowest BCUT2D eigenvalue weighted by molar-refractivity contribution is -0.118. The van der Waals surface area contributed by atoms with Crippen LogP contribution in [-0.2, 0) is 9.53 Å². The van der Waals surface area contributed by atoms with Gasteiger partial charge in [-0.1, -0.05) is 0 Å². The number of nitrogens with two attached hydrogens (primary N) is 1. The van der Waals surface area contributed by atoms with Gasteiger partial charge in [-0.15, -0.1) is 0 Å². The second-order valence-electron chi connectivity index (χ2n) is 4.32. The van der Waals surface area contributed by atoms with Gasteiger partial charge in [-0.2, -0.15) is 0 Å². The molecule has 2 rings (SSSR count). The fraction of sp³-hybridized carbons (Fsp3) is 0.500. The molecule has 1 aromatic rings. The largest absolute Gasteiger partial charge is 0.397 e. The van der Waals surface area contributed by atoms with Crippen LogP contribution in [0.5, 0.6) is 0 Å². The van der Waals surface area contributed by atoms with Crippen molar-refractivity contribution >= 4 is 17.4 Å². The van der Waals surface area contributed by atoms with Gasteiger partial charge in [0.2, 0.25) is 5.91 Å². The van der Waals surface area contributed by atoms with Crippen LogP contribution in [0.3, 0.4) is 0 Å². The first-order valence-electron chi connectivity index (χ1n) is 5.79. The zero-order valence-electron chi connectivity index (χ0n) is 9.90. The van der Waals surface area contributed by atoms with Crippen molar-refractivity contribution in [3.63, 3.8) is 0 Å². The molecule has 5 nitrogen and oxygen atoms in total. The van der Waals surface area contributed by atoms with Gasteiger partial charge in [-0.3, -0.25) is 4.79 Å². The molecule has 92 valence electrons. The van der Waals surface area contributed by atoms with Crippen molar-refractivity contribution in [1.29, 1.82) is 0 Å². The third-order valence-electron chi connectivity index (χ3n) is 2.79. The number of rotatable bonds is 3. The number of amides is 1. The molecule has 1 saturated heterocycles. The van der Waals surface area contributed by atoms with Crippen molar-refractivity contribution in [1.82, 2.24) is 4.98 Å². The molecule has 1 unspecified atom stereocenters. The number of carbonyl (C=O) groups excluding carboxylic acids is 1. The third-order valence-corrected chi connectivity index (χ3v) is 2.79. The van der Waals surface area contributed by atoms with Gasteiger partial charge in [-0.05, 0) is 31.4 Å². The lowest BCUT2D eigenvalue weighted by Gasteiger charge is -2.11. The summed E-state index contributed by atoms with van der Waals surface area (Å²) in [7, 11) is 0. The highest BCUT2D eigenvalue weighted by Crippen LogP contribution is 2.18. The van der Waals surface area contributed by atoms with Gasteiger partial charge in [0.25, 0.3) is 0 Å². The number of hydrogen-bond acceptors (Lipinski definition) is 4. The zero-order valence-corrected chi connectivity index (χ0v) is 9.90. The average molecular weight is 235 g/mol. The number of carbonyl (C=O) groups is 1. The maximum Gasteiger partial charge on any atom is 0.228 e. The Morgan fingerprint density at radius 1 is 1.71 bits per heavy atom. The molecule has 0 radical (unpaired) electrons. The fourth-order valence-electron chi connectivity index (χ4n) is 1.92. The normalized spacial score (nSPS) is 19.2. The van der Waals surface area contributed by atoms with E-state index in [-0.39, 0.29) is 12.0 Å². The fourth-order valence-corrected chi connectivity index (χ4v) is 1.92. The number of hydrogen-bond donors (Lipinski definition) is 2. The van der Waals surface area contributed by atoms with Gasteiger partial charge in [0.1, 0.15) is 5.82 Å². The topological polar surface area (TPSA) is 77.2 Å². The van der Waals surface area contributed by atoms with Crippen LogP contribution in [0.1, 0.15) is 24.8 Å². The van der Waals surface area contributed by atoms with Crippen LogP contribution in [0, 0.1) is 6.92 Å². The van der Waals surface area contributed by atoms with Gasteiger partial charge >= 0.3 is 0 Å². The molecular weight excluding hydrogens is 218 g/mol. The smallest absolute Gasteiger partial charge is 0.228 e. The molecule has 0 aliphatic carbocycles. The highest BCUT2D eigenvalue weighted by atomic mass is 16.5. The number of pyridine rings is 1. The molecule has 1 aliphatic rings. The SMILES string of the molecule is Cc1cc(N)cnc1NC(=O)CC1CCCO1. The average Bonchev–Trinajstić information content (AvgIpc) is 2.75. The van der Waals surface area contributed by atoms with Crippen molar-refractivity contribution in [2.75, 3.05) is 17.7 Å². The van der Waals surface area contributed by atoms with Crippen molar-refractivity contribution in [3.8, 4) is 0 Å². The first-order valence-corrected chi connectivity index (χ1v) is 5.79. The Balaban J connectivity index is 1.93. The van der Waals surface area contributed by atoms with Crippen LogP contribution < -0.4 is 11.1 Å². The minimum Gasteiger partial charge on any atom is -0.397 e. The van der Waals surface area contributed by atoms with Crippen molar-refractivity contribution in [3.05, 3.63) is 17.8 Å². The quantitative estimate of drug-likeness (QED) is 0.831. The molecule has 0 saturated carbocycles. The van der Waals surface area contributed by atoms with Crippen LogP contribution in [0.2, 0.25) is 0 Å². The van der Waals surface area contributed by atoms with Gasteiger partial charge in [-0.25, -0.2) is 4.98 Å². The molecule has 1 aliphatic heterocycles. The summed E-state index contributed by atoms with van der Waals surface area (Å²) < 4.78 is 5.41. The Morgan fingerprint density at radius 3 is 3.18 bits per heavy atom. The number of nitrogens with zero attached hydrogens (tertiary/aromatic N) is 1. The summed E-state index contributed by atoms with van der Waals surface area (Å²) in [5, 5.41) is 2.78. The zero-order chi connectivity index (χ0) is 12.3. The van der Waals surface area contributed by atoms with E-state index in [1.807, 2.05) is 6.92 Å². The monoisotopic (exact) mass is 235 g/mol. The Labute approximate surface area is 100 Å². The van der Waals surface area contributed by atoms with Crippen LogP contribution >= 0.6 is 0 Å². The van der Waals surface area contributed by atoms with E-state index in [2.05, 4.69) is 10.3 Å². The molecule has 0 aromatic carbocycles. The van der Waals surface area contributed by atoms with E-state index >= 15 is 0 Å². The number of aromatic nitrogens is 1. The number of ether oxygens (including phenoxy) is 1. The molecule has 17 heavy (non-hydrogen) atoms. The van der Waals surface area contributed by atoms with Crippen LogP contribution in [0.4, 0.5) is 11.5 Å². The summed E-state index contributed by atoms with van der Waals surface area (Å²) in [6.45, 7) is 2.63. The summed E-state index contributed by atoms with van der Waals surface area (Å²) in [5.41, 5.74) is 7.06. The molecule has 1 aromatic heterocycles. The van der Waals surface area contributed by atoms with E-state index in [0.717, 1.165) is 25.0 Å². The number of anilines is 2. The Hall–Kier alpha value is -1.62. The summed E-state index contributed by atoms with van der Waals surface area (Å²) in [4.78, 5) is 15.8. The summed E-state index contributed by atoms with van der Waals surface area (Å²) in [6, 6.07) is 1.79. The lowest BCUT2D eigenvalue weighted by Crippen LogP contribution is -2.20. The second kappa shape index (κ2) is 5.14. The number of nitrogens with one attached hydrogen (secondary N) is 1. The second-order valence-corrected chi connectivity index (χ2v) is 4.32. The van der Waals surface area contributed by atoms with Gasteiger partial charge < -0.3 is 15.8 Å². The Kier molecular flexibility index (Phi) is 3.58. The Morgan fingerprint density at radius 2 is 2.53 bits per heavy atom. The van der Waals surface area contributed by atoms with E-state index < -0.39 is 0 Å². The van der Waals surface area contributed by atoms with Crippen molar-refractivity contribution in [2.45, 2.75) is 32.3 Å². The predicted molar refractivity (Wildman–Crippen MR) is 65.6 cm³/mol. The maximum atomic E-state index is 11.7. The summed E-state index contributed by atoms with van der Waals surface area (Å²) in [6.07, 6.45) is 3.99. The van der Waals surface area contributed by atoms with E-state index in [0.29, 0.717) is 17.9 Å². The lowest BCUT2D eigenvalue weighted by atomic mass is 10.2. The molecular formula is C12H17N3O2. The molecule has 0 bridgehead atoms. The van der Waals surface area contributed by atoms with E-state index in [4.69, 9.17) is 10.5 Å². The summed E-state index contributed by atoms with van der Waals surface area (Å²) in [5.74, 6) is 0.513. The van der Waals surface area contributed by atoms with Crippen molar-refractivity contribution < 1.29 is 9.53 Å². The molecule has 1 atom stereocenters. The van der Waals surface area contributed by atoms with Crippen LogP contribution in [-0.4, -0.2) is 23.6 Å².